The maximum Gasteiger partial charge on any atom is 0.261 e. The second-order valence-electron chi connectivity index (χ2n) is 7.05. The zero-order chi connectivity index (χ0) is 18.9. The van der Waals surface area contributed by atoms with E-state index in [-0.39, 0.29) is 0 Å². The van der Waals surface area contributed by atoms with E-state index in [9.17, 15) is 8.42 Å². The van der Waals surface area contributed by atoms with Gasteiger partial charge in [-0.25, -0.2) is 0 Å². The summed E-state index contributed by atoms with van der Waals surface area (Å²) in [5, 5.41) is 1.21. The first-order chi connectivity index (χ1) is 12.2. The summed E-state index contributed by atoms with van der Waals surface area (Å²) in [4.78, 5) is 14.6. The summed E-state index contributed by atoms with van der Waals surface area (Å²) >= 11 is 0. The highest BCUT2D eigenvalue weighted by Gasteiger charge is 2.23. The van der Waals surface area contributed by atoms with Gasteiger partial charge in [0.15, 0.2) is 0 Å². The average Bonchev–Trinajstić information content (AvgIpc) is 3.28. The first-order valence-electron chi connectivity index (χ1n) is 9.00. The van der Waals surface area contributed by atoms with Crippen LogP contribution in [0.25, 0.3) is 11.0 Å². The highest BCUT2D eigenvalue weighted by molar-refractivity contribution is 7.85. The van der Waals surface area contributed by atoms with Gasteiger partial charge in [-0.2, -0.15) is 18.4 Å². The van der Waals surface area contributed by atoms with Crippen LogP contribution in [0.5, 0.6) is 0 Å². The molecule has 2 fully saturated rings. The number of aryl methyl sites for hydroxylation is 2. The van der Waals surface area contributed by atoms with E-state index >= 15 is 0 Å². The molecule has 0 unspecified atom stereocenters. The second kappa shape index (κ2) is 7.40. The van der Waals surface area contributed by atoms with Crippen LogP contribution in [0.3, 0.4) is 0 Å². The molecule has 9 heteroatoms. The van der Waals surface area contributed by atoms with E-state index in [0.29, 0.717) is 6.26 Å². The minimum atomic E-state index is -3.67. The maximum atomic E-state index is 9.19. The Labute approximate surface area is 154 Å². The van der Waals surface area contributed by atoms with Gasteiger partial charge >= 0.3 is 0 Å². The number of hydrogen-bond donors (Lipinski definition) is 1. The molecule has 1 N–H and O–H groups in total. The molecule has 0 saturated carbocycles. The van der Waals surface area contributed by atoms with Gasteiger partial charge in [-0.3, -0.25) is 4.55 Å². The lowest BCUT2D eigenvalue weighted by molar-refractivity contribution is 0.490. The molecule has 4 heterocycles. The smallest absolute Gasteiger partial charge is 0.261 e. The van der Waals surface area contributed by atoms with Crippen molar-refractivity contribution in [2.24, 2.45) is 7.05 Å². The molecule has 0 atom stereocenters. The number of fused-ring (bicyclic) bond motifs is 1. The number of hydrogen-bond acceptors (Lipinski definition) is 6. The van der Waals surface area contributed by atoms with Crippen LogP contribution in [0.4, 0.5) is 11.8 Å². The van der Waals surface area contributed by atoms with Crippen molar-refractivity contribution in [3.05, 3.63) is 11.8 Å². The predicted octanol–water partition coefficient (Wildman–Crippen LogP) is 1.98. The average molecular weight is 382 g/mol. The minimum Gasteiger partial charge on any atom is -0.356 e. The molecular formula is C17H27N5O3S. The van der Waals surface area contributed by atoms with Crippen LogP contribution in [0.1, 0.15) is 31.4 Å². The SMILES string of the molecule is CS(=O)(=O)O.Cc1cc2c(N3CCCC3)nc(N3CCCC3)nc2n1C. The molecule has 0 radical (unpaired) electrons. The largest absolute Gasteiger partial charge is 0.356 e. The lowest BCUT2D eigenvalue weighted by Gasteiger charge is -2.21. The number of aromatic nitrogens is 3. The lowest BCUT2D eigenvalue weighted by Crippen LogP contribution is -2.24. The fourth-order valence-electron chi connectivity index (χ4n) is 3.52. The van der Waals surface area contributed by atoms with Crippen molar-refractivity contribution in [1.82, 2.24) is 14.5 Å². The summed E-state index contributed by atoms with van der Waals surface area (Å²) in [6, 6.07) is 2.23. The van der Waals surface area contributed by atoms with Gasteiger partial charge < -0.3 is 14.4 Å². The molecule has 2 aromatic rings. The summed E-state index contributed by atoms with van der Waals surface area (Å²) in [6.07, 6.45) is 5.78. The Hall–Kier alpha value is -1.87. The molecule has 0 aromatic carbocycles. The molecule has 0 bridgehead atoms. The Bertz CT molecular complexity index is 873. The zero-order valence-electron chi connectivity index (χ0n) is 15.6. The van der Waals surface area contributed by atoms with E-state index in [2.05, 4.69) is 34.4 Å². The van der Waals surface area contributed by atoms with Crippen molar-refractivity contribution >= 4 is 32.9 Å². The molecule has 4 rings (SSSR count). The van der Waals surface area contributed by atoms with Crippen LogP contribution >= 0.6 is 0 Å². The molecule has 2 aliphatic heterocycles. The standard InChI is InChI=1S/C16H23N5.CH4O3S/c1-12-11-13-14(19(12)2)17-16(21-9-5-6-10-21)18-15(13)20-7-3-4-8-20;1-5(2,3)4/h11H,3-10H2,1-2H3;1H3,(H,2,3,4). The Morgan fingerprint density at radius 3 is 2.04 bits per heavy atom. The van der Waals surface area contributed by atoms with Crippen molar-refractivity contribution in [2.75, 3.05) is 42.2 Å². The van der Waals surface area contributed by atoms with Crippen LogP contribution in [0.2, 0.25) is 0 Å². The van der Waals surface area contributed by atoms with Crippen molar-refractivity contribution in [1.29, 1.82) is 0 Å². The summed E-state index contributed by atoms with van der Waals surface area (Å²) in [6.45, 7) is 6.58. The third kappa shape index (κ3) is 4.27. The van der Waals surface area contributed by atoms with Crippen LogP contribution in [-0.4, -0.2) is 59.9 Å². The lowest BCUT2D eigenvalue weighted by atomic mass is 10.3. The molecule has 8 nitrogen and oxygen atoms in total. The summed E-state index contributed by atoms with van der Waals surface area (Å²) in [5.41, 5.74) is 2.32. The van der Waals surface area contributed by atoms with Crippen molar-refractivity contribution in [3.8, 4) is 0 Å². The number of nitrogens with zero attached hydrogens (tertiary/aromatic N) is 5. The van der Waals surface area contributed by atoms with E-state index in [1.54, 1.807) is 0 Å². The number of rotatable bonds is 2. The van der Waals surface area contributed by atoms with E-state index in [1.807, 2.05) is 0 Å². The molecule has 2 aliphatic rings. The minimum absolute atomic E-state index is 0.715. The summed E-state index contributed by atoms with van der Waals surface area (Å²) in [7, 11) is -1.56. The molecule has 0 spiro atoms. The van der Waals surface area contributed by atoms with Crippen molar-refractivity contribution < 1.29 is 13.0 Å². The highest BCUT2D eigenvalue weighted by Crippen LogP contribution is 2.31. The Morgan fingerprint density at radius 2 is 1.50 bits per heavy atom. The topological polar surface area (TPSA) is 91.6 Å². The van der Waals surface area contributed by atoms with Crippen LogP contribution in [0.15, 0.2) is 6.07 Å². The molecular weight excluding hydrogens is 354 g/mol. The zero-order valence-corrected chi connectivity index (χ0v) is 16.5. The van der Waals surface area contributed by atoms with Gasteiger partial charge in [0.1, 0.15) is 11.5 Å². The van der Waals surface area contributed by atoms with Gasteiger partial charge in [0.25, 0.3) is 10.1 Å². The van der Waals surface area contributed by atoms with Gasteiger partial charge in [-0.1, -0.05) is 0 Å². The second-order valence-corrected chi connectivity index (χ2v) is 8.52. The third-order valence-electron chi connectivity index (χ3n) is 4.89. The van der Waals surface area contributed by atoms with Crippen molar-refractivity contribution in [2.45, 2.75) is 32.6 Å². The maximum absolute atomic E-state index is 9.19. The van der Waals surface area contributed by atoms with E-state index in [1.165, 1.54) is 36.8 Å². The monoisotopic (exact) mass is 381 g/mol. The Kier molecular flexibility index (Phi) is 5.38. The van der Waals surface area contributed by atoms with Crippen LogP contribution in [0, 0.1) is 6.92 Å². The summed E-state index contributed by atoms with van der Waals surface area (Å²) < 4.78 is 28.1. The van der Waals surface area contributed by atoms with E-state index in [0.717, 1.165) is 43.6 Å². The molecule has 2 aromatic heterocycles. The van der Waals surface area contributed by atoms with Gasteiger partial charge in [-0.05, 0) is 38.7 Å². The van der Waals surface area contributed by atoms with Gasteiger partial charge in [0, 0.05) is 38.9 Å². The highest BCUT2D eigenvalue weighted by atomic mass is 32.2. The van der Waals surface area contributed by atoms with Gasteiger partial charge in [0.05, 0.1) is 11.6 Å². The molecule has 2 saturated heterocycles. The number of anilines is 2. The fourth-order valence-corrected chi connectivity index (χ4v) is 3.52. The third-order valence-corrected chi connectivity index (χ3v) is 4.89. The normalized spacial score (nSPS) is 17.7. The first-order valence-corrected chi connectivity index (χ1v) is 10.9. The van der Waals surface area contributed by atoms with Crippen LogP contribution in [-0.2, 0) is 17.2 Å². The molecule has 0 amide bonds. The van der Waals surface area contributed by atoms with Gasteiger partial charge in [0.2, 0.25) is 5.95 Å². The molecule has 0 aliphatic carbocycles. The van der Waals surface area contributed by atoms with E-state index in [4.69, 9.17) is 14.5 Å². The summed E-state index contributed by atoms with van der Waals surface area (Å²) in [5.74, 6) is 2.06. The fraction of sp³-hybridized carbons (Fsp3) is 0.647. The molecule has 144 valence electrons. The first kappa shape index (κ1) is 18.9. The van der Waals surface area contributed by atoms with Crippen molar-refractivity contribution in [3.63, 3.8) is 0 Å². The van der Waals surface area contributed by atoms with Crippen LogP contribution < -0.4 is 9.80 Å². The van der Waals surface area contributed by atoms with Gasteiger partial charge in [-0.15, -0.1) is 0 Å². The van der Waals surface area contributed by atoms with E-state index < -0.39 is 10.1 Å². The Morgan fingerprint density at radius 1 is 1.00 bits per heavy atom. The Balaban J connectivity index is 0.000000349. The molecule has 26 heavy (non-hydrogen) atoms. The quantitative estimate of drug-likeness (QED) is 0.795. The predicted molar refractivity (Wildman–Crippen MR) is 104 cm³/mol.